The van der Waals surface area contributed by atoms with E-state index in [0.717, 1.165) is 37.9 Å². The number of likely N-dealkylation sites (tertiary alicyclic amines) is 1. The van der Waals surface area contributed by atoms with Gasteiger partial charge in [-0.1, -0.05) is 18.2 Å². The van der Waals surface area contributed by atoms with Crippen LogP contribution in [0.3, 0.4) is 0 Å². The van der Waals surface area contributed by atoms with Crippen LogP contribution in [0, 0.1) is 18.7 Å². The number of halogens is 1. The molecular weight excluding hydrogens is 305 g/mol. The minimum atomic E-state index is -0.192. The number of hydrogen-bond donors (Lipinski definition) is 0. The summed E-state index contributed by atoms with van der Waals surface area (Å²) in [6.45, 7) is 3.57. The largest absolute Gasteiger partial charge is 0.338 e. The molecule has 3 atom stereocenters. The predicted octanol–water partition coefficient (Wildman–Crippen LogP) is 3.13. The Hall–Kier alpha value is -2.17. The van der Waals surface area contributed by atoms with Crippen LogP contribution in [0.15, 0.2) is 36.7 Å². The Morgan fingerprint density at radius 1 is 1.38 bits per heavy atom. The highest BCUT2D eigenvalue weighted by atomic mass is 19.1. The highest BCUT2D eigenvalue weighted by Crippen LogP contribution is 2.49. The summed E-state index contributed by atoms with van der Waals surface area (Å²) in [4.78, 5) is 14.9. The molecule has 0 radical (unpaired) electrons. The SMILES string of the molecule is Cc1cnn(C[C@@H]2CCCN2C(=O)[C@@H]2C[C@H]2c2ccccc2F)c1. The third-order valence-electron chi connectivity index (χ3n) is 5.23. The summed E-state index contributed by atoms with van der Waals surface area (Å²) >= 11 is 0. The zero-order valence-electron chi connectivity index (χ0n) is 13.9. The lowest BCUT2D eigenvalue weighted by atomic mass is 10.1. The van der Waals surface area contributed by atoms with Crippen molar-refractivity contribution >= 4 is 5.91 Å². The summed E-state index contributed by atoms with van der Waals surface area (Å²) in [6.07, 6.45) is 6.68. The second-order valence-electron chi connectivity index (χ2n) is 7.04. The number of carbonyl (C=O) groups is 1. The van der Waals surface area contributed by atoms with E-state index >= 15 is 0 Å². The van der Waals surface area contributed by atoms with Crippen molar-refractivity contribution in [3.05, 3.63) is 53.6 Å². The van der Waals surface area contributed by atoms with E-state index in [1.54, 1.807) is 12.1 Å². The van der Waals surface area contributed by atoms with Crippen LogP contribution in [0.5, 0.6) is 0 Å². The van der Waals surface area contributed by atoms with Gasteiger partial charge in [0.15, 0.2) is 0 Å². The molecule has 5 heteroatoms. The highest BCUT2D eigenvalue weighted by molar-refractivity contribution is 5.83. The minimum Gasteiger partial charge on any atom is -0.338 e. The lowest BCUT2D eigenvalue weighted by Gasteiger charge is -2.25. The van der Waals surface area contributed by atoms with Crippen LogP contribution < -0.4 is 0 Å². The summed E-state index contributed by atoms with van der Waals surface area (Å²) in [6, 6.07) is 7.03. The van der Waals surface area contributed by atoms with Crippen LogP contribution in [0.2, 0.25) is 0 Å². The average molecular weight is 327 g/mol. The molecule has 24 heavy (non-hydrogen) atoms. The molecule has 4 rings (SSSR count). The Bertz CT molecular complexity index is 757. The highest BCUT2D eigenvalue weighted by Gasteiger charge is 2.48. The quantitative estimate of drug-likeness (QED) is 0.865. The molecule has 0 spiro atoms. The molecule has 1 saturated heterocycles. The number of carbonyl (C=O) groups excluding carboxylic acids is 1. The van der Waals surface area contributed by atoms with E-state index in [9.17, 15) is 9.18 Å². The first-order chi connectivity index (χ1) is 11.6. The first kappa shape index (κ1) is 15.4. The lowest BCUT2D eigenvalue weighted by molar-refractivity contribution is -0.133. The maximum absolute atomic E-state index is 13.9. The van der Waals surface area contributed by atoms with Crippen molar-refractivity contribution < 1.29 is 9.18 Å². The van der Waals surface area contributed by atoms with Gasteiger partial charge < -0.3 is 4.90 Å². The number of nitrogens with zero attached hydrogens (tertiary/aromatic N) is 3. The van der Waals surface area contributed by atoms with Crippen molar-refractivity contribution in [2.45, 2.75) is 44.7 Å². The number of rotatable bonds is 4. The second kappa shape index (κ2) is 6.04. The van der Waals surface area contributed by atoms with Crippen molar-refractivity contribution in [3.8, 4) is 0 Å². The number of aromatic nitrogens is 2. The molecule has 2 aromatic rings. The summed E-state index contributed by atoms with van der Waals surface area (Å²) in [5.41, 5.74) is 1.82. The zero-order chi connectivity index (χ0) is 16.7. The van der Waals surface area contributed by atoms with Gasteiger partial charge in [-0.15, -0.1) is 0 Å². The second-order valence-corrected chi connectivity index (χ2v) is 7.04. The van der Waals surface area contributed by atoms with Gasteiger partial charge in [0.1, 0.15) is 5.82 Å². The Morgan fingerprint density at radius 3 is 2.96 bits per heavy atom. The van der Waals surface area contributed by atoms with Crippen LogP contribution in [0.4, 0.5) is 4.39 Å². The predicted molar refractivity (Wildman–Crippen MR) is 88.9 cm³/mol. The maximum Gasteiger partial charge on any atom is 0.226 e. The van der Waals surface area contributed by atoms with E-state index in [-0.39, 0.29) is 29.6 Å². The number of benzene rings is 1. The fourth-order valence-electron chi connectivity index (χ4n) is 3.90. The first-order valence-electron chi connectivity index (χ1n) is 8.67. The zero-order valence-corrected chi connectivity index (χ0v) is 13.9. The van der Waals surface area contributed by atoms with Gasteiger partial charge in [-0.3, -0.25) is 9.48 Å². The molecule has 1 amide bonds. The van der Waals surface area contributed by atoms with E-state index in [1.807, 2.05) is 35.0 Å². The van der Waals surface area contributed by atoms with Crippen LogP contribution in [0.25, 0.3) is 0 Å². The maximum atomic E-state index is 13.9. The normalized spacial score (nSPS) is 25.9. The van der Waals surface area contributed by atoms with Crippen LogP contribution in [-0.4, -0.2) is 33.2 Å². The van der Waals surface area contributed by atoms with Gasteiger partial charge in [0.25, 0.3) is 0 Å². The van der Waals surface area contributed by atoms with Crippen molar-refractivity contribution in [3.63, 3.8) is 0 Å². The van der Waals surface area contributed by atoms with E-state index in [2.05, 4.69) is 5.10 Å². The monoisotopic (exact) mass is 327 g/mol. The molecule has 0 unspecified atom stereocenters. The van der Waals surface area contributed by atoms with Gasteiger partial charge in [0.2, 0.25) is 5.91 Å². The fourth-order valence-corrected chi connectivity index (χ4v) is 3.90. The third kappa shape index (κ3) is 2.83. The molecule has 1 saturated carbocycles. The van der Waals surface area contributed by atoms with Crippen molar-refractivity contribution in [2.75, 3.05) is 6.54 Å². The topological polar surface area (TPSA) is 38.1 Å². The molecule has 2 heterocycles. The van der Waals surface area contributed by atoms with Gasteiger partial charge in [-0.25, -0.2) is 4.39 Å². The Labute approximate surface area is 141 Å². The fraction of sp³-hybridized carbons (Fsp3) is 0.474. The number of amides is 1. The molecule has 2 fully saturated rings. The Kier molecular flexibility index (Phi) is 3.87. The van der Waals surface area contributed by atoms with Gasteiger partial charge >= 0.3 is 0 Å². The molecule has 1 aliphatic carbocycles. The van der Waals surface area contributed by atoms with E-state index in [1.165, 1.54) is 6.07 Å². The van der Waals surface area contributed by atoms with Gasteiger partial charge in [-0.2, -0.15) is 5.10 Å². The van der Waals surface area contributed by atoms with Gasteiger partial charge in [0, 0.05) is 18.7 Å². The summed E-state index contributed by atoms with van der Waals surface area (Å²) in [5.74, 6) is -0.00817. The van der Waals surface area contributed by atoms with Gasteiger partial charge in [-0.05, 0) is 49.3 Å². The third-order valence-corrected chi connectivity index (χ3v) is 5.23. The molecule has 126 valence electrons. The van der Waals surface area contributed by atoms with E-state index in [0.29, 0.717) is 5.56 Å². The Balaban J connectivity index is 1.43. The van der Waals surface area contributed by atoms with Crippen LogP contribution in [0.1, 0.15) is 36.3 Å². The Morgan fingerprint density at radius 2 is 2.21 bits per heavy atom. The summed E-state index contributed by atoms with van der Waals surface area (Å²) in [5, 5.41) is 4.34. The number of aryl methyl sites for hydroxylation is 1. The molecule has 0 bridgehead atoms. The molecule has 4 nitrogen and oxygen atoms in total. The van der Waals surface area contributed by atoms with Crippen LogP contribution in [-0.2, 0) is 11.3 Å². The lowest BCUT2D eigenvalue weighted by Crippen LogP contribution is -2.39. The summed E-state index contributed by atoms with van der Waals surface area (Å²) < 4.78 is 15.8. The standard InChI is InChI=1S/C19H22FN3O/c1-13-10-21-22(11-13)12-14-5-4-8-23(14)19(24)17-9-16(17)15-6-2-3-7-18(15)20/h2-3,6-7,10-11,14,16-17H,4-5,8-9,12H2,1H3/t14-,16-,17+/m0/s1. The molecule has 2 aliphatic rings. The molecule has 1 aromatic carbocycles. The minimum absolute atomic E-state index is 0.0481. The van der Waals surface area contributed by atoms with Crippen molar-refractivity contribution in [1.29, 1.82) is 0 Å². The molecule has 1 aromatic heterocycles. The van der Waals surface area contributed by atoms with E-state index in [4.69, 9.17) is 0 Å². The van der Waals surface area contributed by atoms with Crippen LogP contribution >= 0.6 is 0 Å². The molecular formula is C19H22FN3O. The van der Waals surface area contributed by atoms with E-state index < -0.39 is 0 Å². The molecule has 1 aliphatic heterocycles. The smallest absolute Gasteiger partial charge is 0.226 e. The number of hydrogen-bond acceptors (Lipinski definition) is 2. The van der Waals surface area contributed by atoms with Crippen molar-refractivity contribution in [1.82, 2.24) is 14.7 Å². The first-order valence-corrected chi connectivity index (χ1v) is 8.67. The van der Waals surface area contributed by atoms with Gasteiger partial charge in [0.05, 0.1) is 18.8 Å². The summed E-state index contributed by atoms with van der Waals surface area (Å²) in [7, 11) is 0. The van der Waals surface area contributed by atoms with Crippen molar-refractivity contribution in [2.24, 2.45) is 5.92 Å². The molecule has 0 N–H and O–H groups in total. The average Bonchev–Trinajstić information content (AvgIpc) is 3.04.